The summed E-state index contributed by atoms with van der Waals surface area (Å²) in [5.74, 6) is 0.835. The van der Waals surface area contributed by atoms with E-state index >= 15 is 0 Å². The minimum atomic E-state index is 0.00239. The number of aliphatic hydroxyl groups is 1. The van der Waals surface area contributed by atoms with Gasteiger partial charge < -0.3 is 14.6 Å². The molecule has 0 saturated carbocycles. The van der Waals surface area contributed by atoms with Crippen LogP contribution in [-0.2, 0) is 17.8 Å². The Morgan fingerprint density at radius 1 is 1.24 bits per heavy atom. The van der Waals surface area contributed by atoms with Crippen molar-refractivity contribution in [1.82, 2.24) is 14.5 Å². The largest absolute Gasteiger partial charge is 0.396 e. The molecule has 1 aromatic heterocycles. The number of amides is 1. The number of rotatable bonds is 9. The standard InChI is InChI=1S/C20H27N3O2/c1-5-9-22(10-6-2)20(25)14-23-18-13-16(4)15(3)12-17(18)21-19(23)8-7-11-24/h5-6,12-13,24H,1-2,7-11,14H2,3-4H3. The van der Waals surface area contributed by atoms with Gasteiger partial charge in [0.05, 0.1) is 11.0 Å². The average Bonchev–Trinajstić information content (AvgIpc) is 2.90. The number of fused-ring (bicyclic) bond motifs is 1. The van der Waals surface area contributed by atoms with E-state index in [1.165, 1.54) is 11.1 Å². The van der Waals surface area contributed by atoms with Crippen LogP contribution in [0.2, 0.25) is 0 Å². The van der Waals surface area contributed by atoms with Gasteiger partial charge in [0.15, 0.2) is 0 Å². The van der Waals surface area contributed by atoms with Crippen LogP contribution in [0.3, 0.4) is 0 Å². The first-order valence-corrected chi connectivity index (χ1v) is 8.58. The molecule has 0 radical (unpaired) electrons. The van der Waals surface area contributed by atoms with Crippen molar-refractivity contribution in [2.75, 3.05) is 19.7 Å². The highest BCUT2D eigenvalue weighted by molar-refractivity contribution is 5.82. The predicted octanol–water partition coefficient (Wildman–Crippen LogP) is 2.78. The minimum absolute atomic E-state index is 0.00239. The molecule has 2 rings (SSSR count). The molecule has 0 atom stereocenters. The van der Waals surface area contributed by atoms with Crippen molar-refractivity contribution in [3.8, 4) is 0 Å². The topological polar surface area (TPSA) is 58.4 Å². The maximum Gasteiger partial charge on any atom is 0.243 e. The zero-order chi connectivity index (χ0) is 18.4. The molecule has 134 valence electrons. The number of aliphatic hydroxyl groups excluding tert-OH is 1. The third-order valence-electron chi connectivity index (χ3n) is 4.35. The van der Waals surface area contributed by atoms with Gasteiger partial charge in [0.25, 0.3) is 0 Å². The van der Waals surface area contributed by atoms with Crippen molar-refractivity contribution in [1.29, 1.82) is 0 Å². The Morgan fingerprint density at radius 2 is 1.88 bits per heavy atom. The molecule has 5 heteroatoms. The Labute approximate surface area is 149 Å². The number of aromatic nitrogens is 2. The van der Waals surface area contributed by atoms with Crippen LogP contribution in [0.5, 0.6) is 0 Å². The fourth-order valence-corrected chi connectivity index (χ4v) is 2.86. The van der Waals surface area contributed by atoms with Gasteiger partial charge in [0.1, 0.15) is 12.4 Å². The lowest BCUT2D eigenvalue weighted by Gasteiger charge is -2.20. The molecule has 0 spiro atoms. The average molecular weight is 341 g/mol. The second-order valence-electron chi connectivity index (χ2n) is 6.24. The summed E-state index contributed by atoms with van der Waals surface area (Å²) in [7, 11) is 0. The zero-order valence-electron chi connectivity index (χ0n) is 15.2. The van der Waals surface area contributed by atoms with Gasteiger partial charge in [-0.05, 0) is 43.5 Å². The van der Waals surface area contributed by atoms with Crippen molar-refractivity contribution in [2.45, 2.75) is 33.2 Å². The van der Waals surface area contributed by atoms with Crippen LogP contribution >= 0.6 is 0 Å². The number of carbonyl (C=O) groups excluding carboxylic acids is 1. The molecule has 0 bridgehead atoms. The molecule has 5 nitrogen and oxygen atoms in total. The molecule has 1 aromatic carbocycles. The van der Waals surface area contributed by atoms with Crippen molar-refractivity contribution in [3.05, 3.63) is 54.4 Å². The number of nitrogens with zero attached hydrogens (tertiary/aromatic N) is 3. The summed E-state index contributed by atoms with van der Waals surface area (Å²) >= 11 is 0. The van der Waals surface area contributed by atoms with E-state index in [1.54, 1.807) is 17.1 Å². The zero-order valence-corrected chi connectivity index (χ0v) is 15.2. The number of hydrogen-bond donors (Lipinski definition) is 1. The number of carbonyl (C=O) groups is 1. The quantitative estimate of drug-likeness (QED) is 0.714. The first-order valence-electron chi connectivity index (χ1n) is 8.58. The molecule has 0 aliphatic heterocycles. The lowest BCUT2D eigenvalue weighted by Crippen LogP contribution is -2.34. The SMILES string of the molecule is C=CCN(CC=C)C(=O)Cn1c(CCCO)nc2cc(C)c(C)cc21. The summed E-state index contributed by atoms with van der Waals surface area (Å²) < 4.78 is 1.97. The first kappa shape index (κ1) is 18.9. The molecule has 0 fully saturated rings. The van der Waals surface area contributed by atoms with Gasteiger partial charge >= 0.3 is 0 Å². The number of hydrogen-bond acceptors (Lipinski definition) is 3. The highest BCUT2D eigenvalue weighted by Gasteiger charge is 2.17. The molecule has 0 aliphatic rings. The van der Waals surface area contributed by atoms with E-state index in [0.29, 0.717) is 25.9 Å². The third-order valence-corrected chi connectivity index (χ3v) is 4.35. The van der Waals surface area contributed by atoms with Crippen LogP contribution in [0.4, 0.5) is 0 Å². The molecule has 0 unspecified atom stereocenters. The molecule has 0 aliphatic carbocycles. The highest BCUT2D eigenvalue weighted by atomic mass is 16.3. The van der Waals surface area contributed by atoms with Crippen LogP contribution in [0.15, 0.2) is 37.4 Å². The van der Waals surface area contributed by atoms with E-state index in [-0.39, 0.29) is 19.1 Å². The van der Waals surface area contributed by atoms with Gasteiger partial charge in [0, 0.05) is 26.1 Å². The minimum Gasteiger partial charge on any atom is -0.396 e. The second-order valence-corrected chi connectivity index (χ2v) is 6.24. The molecule has 1 N–H and O–H groups in total. The summed E-state index contributed by atoms with van der Waals surface area (Å²) in [4.78, 5) is 19.2. The lowest BCUT2D eigenvalue weighted by atomic mass is 10.1. The van der Waals surface area contributed by atoms with Gasteiger partial charge in [-0.15, -0.1) is 13.2 Å². The van der Waals surface area contributed by atoms with Gasteiger partial charge in [-0.1, -0.05) is 12.2 Å². The summed E-state index contributed by atoms with van der Waals surface area (Å²) in [6.07, 6.45) is 4.69. The van der Waals surface area contributed by atoms with Crippen LogP contribution in [0.1, 0.15) is 23.4 Å². The molecule has 1 amide bonds. The second kappa shape index (κ2) is 8.62. The normalized spacial score (nSPS) is 10.8. The van der Waals surface area contributed by atoms with E-state index in [2.05, 4.69) is 39.1 Å². The van der Waals surface area contributed by atoms with Crippen molar-refractivity contribution in [3.63, 3.8) is 0 Å². The van der Waals surface area contributed by atoms with E-state index in [1.807, 2.05) is 4.57 Å². The summed E-state index contributed by atoms with van der Waals surface area (Å²) in [5.41, 5.74) is 4.20. The van der Waals surface area contributed by atoms with E-state index in [4.69, 9.17) is 10.1 Å². The fourth-order valence-electron chi connectivity index (χ4n) is 2.86. The van der Waals surface area contributed by atoms with Crippen LogP contribution < -0.4 is 0 Å². The van der Waals surface area contributed by atoms with E-state index in [9.17, 15) is 4.79 Å². The van der Waals surface area contributed by atoms with Gasteiger partial charge in [-0.2, -0.15) is 0 Å². The maximum atomic E-state index is 12.7. The van der Waals surface area contributed by atoms with Crippen molar-refractivity contribution < 1.29 is 9.90 Å². The van der Waals surface area contributed by atoms with Crippen molar-refractivity contribution in [2.24, 2.45) is 0 Å². The monoisotopic (exact) mass is 341 g/mol. The lowest BCUT2D eigenvalue weighted by molar-refractivity contribution is -0.130. The van der Waals surface area contributed by atoms with Crippen molar-refractivity contribution >= 4 is 16.9 Å². The van der Waals surface area contributed by atoms with Crippen LogP contribution in [0, 0.1) is 13.8 Å². The highest BCUT2D eigenvalue weighted by Crippen LogP contribution is 2.22. The number of aryl methyl sites for hydroxylation is 3. The molecule has 0 saturated heterocycles. The molecule has 1 heterocycles. The van der Waals surface area contributed by atoms with E-state index < -0.39 is 0 Å². The number of benzene rings is 1. The Hall–Kier alpha value is -2.40. The number of imidazole rings is 1. The summed E-state index contributed by atoms with van der Waals surface area (Å²) in [6.45, 7) is 12.9. The first-order chi connectivity index (χ1) is 12.0. The van der Waals surface area contributed by atoms with Gasteiger partial charge in [-0.25, -0.2) is 4.98 Å². The Kier molecular flexibility index (Phi) is 6.53. The Bertz CT molecular complexity index is 767. The predicted molar refractivity (Wildman–Crippen MR) is 102 cm³/mol. The Balaban J connectivity index is 2.42. The fraction of sp³-hybridized carbons (Fsp3) is 0.400. The summed E-state index contributed by atoms with van der Waals surface area (Å²) in [6, 6.07) is 4.14. The third kappa shape index (κ3) is 4.37. The molecular formula is C20H27N3O2. The Morgan fingerprint density at radius 3 is 2.48 bits per heavy atom. The molecule has 25 heavy (non-hydrogen) atoms. The van der Waals surface area contributed by atoms with E-state index in [0.717, 1.165) is 16.9 Å². The van der Waals surface area contributed by atoms with Crippen LogP contribution in [-0.4, -0.2) is 45.2 Å². The molecular weight excluding hydrogens is 314 g/mol. The maximum absolute atomic E-state index is 12.7. The smallest absolute Gasteiger partial charge is 0.243 e. The van der Waals surface area contributed by atoms with Crippen LogP contribution in [0.25, 0.3) is 11.0 Å². The van der Waals surface area contributed by atoms with Gasteiger partial charge in [-0.3, -0.25) is 4.79 Å². The summed E-state index contributed by atoms with van der Waals surface area (Å²) in [5, 5.41) is 9.16. The van der Waals surface area contributed by atoms with Gasteiger partial charge in [0.2, 0.25) is 5.91 Å². The molecule has 2 aromatic rings.